The number of hydrogen-bond donors (Lipinski definition) is 0. The Morgan fingerprint density at radius 3 is 2.48 bits per heavy atom. The highest BCUT2D eigenvalue weighted by Gasteiger charge is 2.15. The van der Waals surface area contributed by atoms with Crippen molar-refractivity contribution < 1.29 is 13.9 Å². The molecule has 1 aliphatic heterocycles. The minimum Gasteiger partial charge on any atom is -0.486 e. The van der Waals surface area contributed by atoms with Crippen LogP contribution in [-0.2, 0) is 0 Å². The maximum atomic E-state index is 12.8. The molecule has 0 radical (unpaired) electrons. The van der Waals surface area contributed by atoms with Gasteiger partial charge >= 0.3 is 0 Å². The van der Waals surface area contributed by atoms with Crippen molar-refractivity contribution in [2.24, 2.45) is 0 Å². The molecule has 0 amide bonds. The highest BCUT2D eigenvalue weighted by molar-refractivity contribution is 5.83. The molecule has 2 heterocycles. The lowest BCUT2D eigenvalue weighted by Gasteiger charge is -2.18. The summed E-state index contributed by atoms with van der Waals surface area (Å²) >= 11 is 0. The third kappa shape index (κ3) is 2.27. The Morgan fingerprint density at radius 2 is 1.65 bits per heavy atom. The van der Waals surface area contributed by atoms with Crippen LogP contribution in [0.3, 0.4) is 0 Å². The van der Waals surface area contributed by atoms with Gasteiger partial charge in [0.2, 0.25) is 5.43 Å². The maximum absolute atomic E-state index is 12.8. The van der Waals surface area contributed by atoms with E-state index in [0.717, 1.165) is 16.7 Å². The summed E-state index contributed by atoms with van der Waals surface area (Å²) in [7, 11) is 0. The monoisotopic (exact) mass is 308 g/mol. The predicted octanol–water partition coefficient (Wildman–Crippen LogP) is 3.85. The molecule has 0 saturated heterocycles. The molecule has 0 unspecified atom stereocenters. The van der Waals surface area contributed by atoms with Gasteiger partial charge in [-0.25, -0.2) is 0 Å². The van der Waals surface area contributed by atoms with Gasteiger partial charge in [0.15, 0.2) is 11.5 Å². The van der Waals surface area contributed by atoms with Gasteiger partial charge in [0, 0.05) is 0 Å². The Bertz CT molecular complexity index is 969. The summed E-state index contributed by atoms with van der Waals surface area (Å²) in [5.74, 6) is 1.37. The molecule has 0 spiro atoms. The van der Waals surface area contributed by atoms with Crippen molar-refractivity contribution in [2.45, 2.75) is 13.8 Å². The minimum absolute atomic E-state index is 0.0361. The number of hydrogen-bond acceptors (Lipinski definition) is 4. The quantitative estimate of drug-likeness (QED) is 0.685. The van der Waals surface area contributed by atoms with Crippen LogP contribution in [0.1, 0.15) is 11.1 Å². The van der Waals surface area contributed by atoms with Crippen LogP contribution in [0.2, 0.25) is 0 Å². The van der Waals surface area contributed by atoms with Gasteiger partial charge in [0.05, 0.1) is 10.9 Å². The maximum Gasteiger partial charge on any atom is 0.200 e. The van der Waals surface area contributed by atoms with E-state index in [1.54, 1.807) is 0 Å². The van der Waals surface area contributed by atoms with Crippen LogP contribution >= 0.6 is 0 Å². The Kier molecular flexibility index (Phi) is 3.11. The van der Waals surface area contributed by atoms with Crippen LogP contribution in [0, 0.1) is 13.8 Å². The summed E-state index contributed by atoms with van der Waals surface area (Å²) in [6.07, 6.45) is 1.52. The summed E-state index contributed by atoms with van der Waals surface area (Å²) in [5.41, 5.74) is 4.04. The van der Waals surface area contributed by atoms with Gasteiger partial charge in [-0.3, -0.25) is 4.79 Å². The van der Waals surface area contributed by atoms with Gasteiger partial charge in [-0.2, -0.15) is 0 Å². The second-order valence-corrected chi connectivity index (χ2v) is 5.77. The molecule has 0 bridgehead atoms. The van der Waals surface area contributed by atoms with E-state index in [-0.39, 0.29) is 5.43 Å². The van der Waals surface area contributed by atoms with Gasteiger partial charge < -0.3 is 13.9 Å². The van der Waals surface area contributed by atoms with Crippen LogP contribution in [0.5, 0.6) is 11.5 Å². The van der Waals surface area contributed by atoms with E-state index in [1.165, 1.54) is 6.26 Å². The molecule has 0 N–H and O–H groups in total. The summed E-state index contributed by atoms with van der Waals surface area (Å²) in [6, 6.07) is 9.30. The lowest BCUT2D eigenvalue weighted by Crippen LogP contribution is -2.15. The van der Waals surface area contributed by atoms with E-state index < -0.39 is 0 Å². The number of rotatable bonds is 1. The summed E-state index contributed by atoms with van der Waals surface area (Å²) in [4.78, 5) is 12.8. The first-order valence-corrected chi connectivity index (χ1v) is 7.56. The predicted molar refractivity (Wildman–Crippen MR) is 88.4 cm³/mol. The Morgan fingerprint density at radius 1 is 0.913 bits per heavy atom. The van der Waals surface area contributed by atoms with Crippen molar-refractivity contribution in [1.29, 1.82) is 0 Å². The molecule has 3 aromatic rings. The van der Waals surface area contributed by atoms with Crippen LogP contribution in [-0.4, -0.2) is 13.2 Å². The second-order valence-electron chi connectivity index (χ2n) is 5.77. The summed E-state index contributed by atoms with van der Waals surface area (Å²) in [6.45, 7) is 5.05. The first-order valence-electron chi connectivity index (χ1n) is 7.56. The lowest BCUT2D eigenvalue weighted by atomic mass is 10.0. The standard InChI is InChI=1S/C19H16O4/c1-11-7-14-17(8-12(11)2)23-10-15(19(14)20)13-3-4-16-18(9-13)22-6-5-21-16/h3-4,7-10H,5-6H2,1-2H3. The fourth-order valence-electron chi connectivity index (χ4n) is 2.80. The molecular weight excluding hydrogens is 292 g/mol. The van der Waals surface area contributed by atoms with Crippen LogP contribution in [0.25, 0.3) is 22.1 Å². The van der Waals surface area contributed by atoms with E-state index in [0.29, 0.717) is 41.2 Å². The molecule has 4 heteroatoms. The third-order valence-electron chi connectivity index (χ3n) is 4.24. The van der Waals surface area contributed by atoms with Crippen molar-refractivity contribution in [2.75, 3.05) is 13.2 Å². The smallest absolute Gasteiger partial charge is 0.200 e. The molecular formula is C19H16O4. The Hall–Kier alpha value is -2.75. The van der Waals surface area contributed by atoms with E-state index in [9.17, 15) is 4.79 Å². The average molecular weight is 308 g/mol. The van der Waals surface area contributed by atoms with Gasteiger partial charge in [0.25, 0.3) is 0 Å². The molecule has 0 saturated carbocycles. The first kappa shape index (κ1) is 13.9. The zero-order valence-electron chi connectivity index (χ0n) is 13.0. The zero-order chi connectivity index (χ0) is 16.0. The normalized spacial score (nSPS) is 13.3. The molecule has 4 nitrogen and oxygen atoms in total. The van der Waals surface area contributed by atoms with Crippen LogP contribution < -0.4 is 14.9 Å². The summed E-state index contributed by atoms with van der Waals surface area (Å²) in [5, 5.41) is 0.598. The highest BCUT2D eigenvalue weighted by Crippen LogP contribution is 2.34. The summed E-state index contributed by atoms with van der Waals surface area (Å²) < 4.78 is 16.8. The highest BCUT2D eigenvalue weighted by atomic mass is 16.6. The molecule has 23 heavy (non-hydrogen) atoms. The van der Waals surface area contributed by atoms with Crippen molar-refractivity contribution in [3.05, 3.63) is 57.9 Å². The Balaban J connectivity index is 1.91. The van der Waals surface area contributed by atoms with E-state index in [4.69, 9.17) is 13.9 Å². The van der Waals surface area contributed by atoms with Crippen LogP contribution in [0.15, 0.2) is 45.8 Å². The zero-order valence-corrected chi connectivity index (χ0v) is 13.0. The van der Waals surface area contributed by atoms with Crippen molar-refractivity contribution >= 4 is 11.0 Å². The van der Waals surface area contributed by atoms with Crippen molar-refractivity contribution in [1.82, 2.24) is 0 Å². The SMILES string of the molecule is Cc1cc2occ(-c3ccc4c(c3)OCCO4)c(=O)c2cc1C. The van der Waals surface area contributed by atoms with E-state index >= 15 is 0 Å². The minimum atomic E-state index is -0.0361. The average Bonchev–Trinajstić information content (AvgIpc) is 2.57. The third-order valence-corrected chi connectivity index (χ3v) is 4.24. The fraction of sp³-hybridized carbons (Fsp3) is 0.211. The molecule has 0 aliphatic carbocycles. The van der Waals surface area contributed by atoms with Crippen LogP contribution in [0.4, 0.5) is 0 Å². The van der Waals surface area contributed by atoms with Gasteiger partial charge in [0.1, 0.15) is 25.1 Å². The molecule has 1 aliphatic rings. The molecule has 2 aromatic carbocycles. The number of benzene rings is 2. The first-order chi connectivity index (χ1) is 11.1. The van der Waals surface area contributed by atoms with Gasteiger partial charge in [-0.15, -0.1) is 0 Å². The molecule has 0 atom stereocenters. The van der Waals surface area contributed by atoms with E-state index in [2.05, 4.69) is 0 Å². The number of ether oxygens (including phenoxy) is 2. The van der Waals surface area contributed by atoms with Crippen molar-refractivity contribution in [3.63, 3.8) is 0 Å². The molecule has 1 aromatic heterocycles. The molecule has 116 valence electrons. The lowest BCUT2D eigenvalue weighted by molar-refractivity contribution is 0.171. The number of aryl methyl sites for hydroxylation is 2. The molecule has 0 fully saturated rings. The number of fused-ring (bicyclic) bond motifs is 2. The van der Waals surface area contributed by atoms with Gasteiger partial charge in [-0.05, 0) is 54.8 Å². The Labute approximate surface area is 133 Å². The van der Waals surface area contributed by atoms with Crippen molar-refractivity contribution in [3.8, 4) is 22.6 Å². The largest absolute Gasteiger partial charge is 0.486 e. The topological polar surface area (TPSA) is 48.7 Å². The van der Waals surface area contributed by atoms with E-state index in [1.807, 2.05) is 44.2 Å². The van der Waals surface area contributed by atoms with Gasteiger partial charge in [-0.1, -0.05) is 6.07 Å². The fourth-order valence-corrected chi connectivity index (χ4v) is 2.80. The second kappa shape index (κ2) is 5.16. The molecule has 4 rings (SSSR count).